The average Bonchev–Trinajstić information content (AvgIpc) is 2.79. The third-order valence-corrected chi connectivity index (χ3v) is 4.85. The molecule has 0 saturated carbocycles. The Bertz CT molecular complexity index is 1100. The van der Waals surface area contributed by atoms with Gasteiger partial charge in [-0.25, -0.2) is 4.79 Å². The smallest absolute Gasteiger partial charge is 0.338 e. The number of hydrogen-bond acceptors (Lipinski definition) is 6. The predicted molar refractivity (Wildman–Crippen MR) is 111 cm³/mol. The zero-order valence-corrected chi connectivity index (χ0v) is 16.3. The molecule has 3 aromatic rings. The standard InChI is InChI=1S/C22H17ClN4O2/c1-29-22(28)18-19(14-7-6-11-24-13-14)26-21(17-10-4-5-12-25-17)27-20(18)15-8-2-3-9-16(15)23/h2-13,20H,1H3,(H,26,27). The van der Waals surface area contributed by atoms with Crippen LogP contribution in [0.2, 0.25) is 5.02 Å². The second-order valence-electron chi connectivity index (χ2n) is 6.26. The van der Waals surface area contributed by atoms with E-state index < -0.39 is 12.0 Å². The molecule has 0 spiro atoms. The number of esters is 1. The van der Waals surface area contributed by atoms with Crippen LogP contribution in [0.5, 0.6) is 0 Å². The molecule has 1 aromatic carbocycles. The van der Waals surface area contributed by atoms with Gasteiger partial charge < -0.3 is 10.1 Å². The van der Waals surface area contributed by atoms with E-state index in [1.165, 1.54) is 7.11 Å². The molecular weight excluding hydrogens is 388 g/mol. The lowest BCUT2D eigenvalue weighted by atomic mass is 9.93. The van der Waals surface area contributed by atoms with Gasteiger partial charge in [-0.05, 0) is 30.3 Å². The Balaban J connectivity index is 1.96. The van der Waals surface area contributed by atoms with Crippen LogP contribution in [0.15, 0.2) is 83.8 Å². The molecule has 0 fully saturated rings. The van der Waals surface area contributed by atoms with Crippen molar-refractivity contribution in [2.75, 3.05) is 7.11 Å². The van der Waals surface area contributed by atoms with Gasteiger partial charge in [-0.2, -0.15) is 0 Å². The van der Waals surface area contributed by atoms with E-state index in [1.54, 1.807) is 30.7 Å². The molecule has 144 valence electrons. The number of pyridine rings is 2. The third-order valence-electron chi connectivity index (χ3n) is 4.51. The molecule has 3 heterocycles. The lowest BCUT2D eigenvalue weighted by Gasteiger charge is -2.27. The van der Waals surface area contributed by atoms with Crippen LogP contribution < -0.4 is 5.32 Å². The number of benzene rings is 1. The Hall–Kier alpha value is -3.51. The van der Waals surface area contributed by atoms with Crippen LogP contribution in [-0.2, 0) is 9.53 Å². The Labute approximate surface area is 173 Å². The van der Waals surface area contributed by atoms with Crippen molar-refractivity contribution in [1.82, 2.24) is 15.3 Å². The van der Waals surface area contributed by atoms with E-state index in [2.05, 4.69) is 15.3 Å². The largest absolute Gasteiger partial charge is 0.466 e. The van der Waals surface area contributed by atoms with E-state index in [4.69, 9.17) is 21.3 Å². The number of hydrogen-bond donors (Lipinski definition) is 1. The van der Waals surface area contributed by atoms with E-state index in [9.17, 15) is 4.79 Å². The molecule has 0 bridgehead atoms. The number of methoxy groups -OCH3 is 1. The normalized spacial score (nSPS) is 16.1. The van der Waals surface area contributed by atoms with Crippen molar-refractivity contribution in [2.24, 2.45) is 4.99 Å². The zero-order chi connectivity index (χ0) is 20.2. The number of rotatable bonds is 4. The van der Waals surface area contributed by atoms with Crippen molar-refractivity contribution in [3.05, 3.63) is 101 Å². The first kappa shape index (κ1) is 18.8. The van der Waals surface area contributed by atoms with Gasteiger partial charge in [-0.15, -0.1) is 0 Å². The van der Waals surface area contributed by atoms with Gasteiger partial charge in [-0.1, -0.05) is 35.9 Å². The SMILES string of the molecule is COC(=O)C1=C(c2cccnc2)NC(c2ccccn2)=NC1c1ccccc1Cl. The predicted octanol–water partition coefficient (Wildman–Crippen LogP) is 3.81. The summed E-state index contributed by atoms with van der Waals surface area (Å²) >= 11 is 6.47. The maximum atomic E-state index is 12.8. The number of ether oxygens (including phenoxy) is 1. The second-order valence-corrected chi connectivity index (χ2v) is 6.67. The van der Waals surface area contributed by atoms with E-state index in [0.717, 1.165) is 5.56 Å². The van der Waals surface area contributed by atoms with E-state index in [1.807, 2.05) is 42.5 Å². The van der Waals surface area contributed by atoms with Crippen molar-refractivity contribution < 1.29 is 9.53 Å². The molecule has 1 aliphatic heterocycles. The summed E-state index contributed by atoms with van der Waals surface area (Å²) in [5.41, 5.74) is 2.99. The monoisotopic (exact) mass is 404 g/mol. The Morgan fingerprint density at radius 3 is 2.59 bits per heavy atom. The summed E-state index contributed by atoms with van der Waals surface area (Å²) < 4.78 is 5.09. The number of nitrogens with zero attached hydrogens (tertiary/aromatic N) is 3. The highest BCUT2D eigenvalue weighted by molar-refractivity contribution is 6.31. The minimum absolute atomic E-state index is 0.355. The summed E-state index contributed by atoms with van der Waals surface area (Å²) in [6.07, 6.45) is 5.04. The molecule has 1 unspecified atom stereocenters. The molecule has 7 heteroatoms. The first-order valence-corrected chi connectivity index (χ1v) is 9.30. The van der Waals surface area contributed by atoms with Crippen LogP contribution in [0.25, 0.3) is 5.70 Å². The number of aromatic nitrogens is 2. The Morgan fingerprint density at radius 1 is 1.07 bits per heavy atom. The highest BCUT2D eigenvalue weighted by atomic mass is 35.5. The minimum atomic E-state index is -0.662. The van der Waals surface area contributed by atoms with Crippen molar-refractivity contribution in [3.8, 4) is 0 Å². The maximum absolute atomic E-state index is 12.8. The summed E-state index contributed by atoms with van der Waals surface area (Å²) in [5.74, 6) is 0.0344. The Morgan fingerprint density at radius 2 is 1.90 bits per heavy atom. The third kappa shape index (κ3) is 3.75. The number of carbonyl (C=O) groups excluding carboxylic acids is 1. The highest BCUT2D eigenvalue weighted by Crippen LogP contribution is 2.38. The first-order chi connectivity index (χ1) is 14.2. The number of nitrogens with one attached hydrogen (secondary N) is 1. The van der Waals surface area contributed by atoms with E-state index in [-0.39, 0.29) is 0 Å². The molecule has 0 amide bonds. The average molecular weight is 405 g/mol. The van der Waals surface area contributed by atoms with Gasteiger partial charge in [0.1, 0.15) is 11.7 Å². The van der Waals surface area contributed by atoms with Gasteiger partial charge in [0, 0.05) is 34.7 Å². The number of amidine groups is 1. The molecule has 0 aliphatic carbocycles. The molecule has 4 rings (SSSR count). The molecule has 29 heavy (non-hydrogen) atoms. The lowest BCUT2D eigenvalue weighted by molar-refractivity contribution is -0.136. The summed E-state index contributed by atoms with van der Waals surface area (Å²) in [5, 5.41) is 3.76. The van der Waals surface area contributed by atoms with Crippen LogP contribution >= 0.6 is 11.6 Å². The first-order valence-electron chi connectivity index (χ1n) is 8.92. The van der Waals surface area contributed by atoms with Gasteiger partial charge in [0.2, 0.25) is 0 Å². The summed E-state index contributed by atoms with van der Waals surface area (Å²) in [7, 11) is 1.35. The number of carbonyl (C=O) groups is 1. The number of halogens is 1. The summed E-state index contributed by atoms with van der Waals surface area (Å²) in [6, 6.07) is 15.9. The van der Waals surface area contributed by atoms with Crippen LogP contribution in [-0.4, -0.2) is 28.9 Å². The quantitative estimate of drug-likeness (QED) is 0.669. The van der Waals surface area contributed by atoms with Gasteiger partial charge in [0.15, 0.2) is 5.84 Å². The van der Waals surface area contributed by atoms with Gasteiger partial charge in [0.05, 0.1) is 18.4 Å². The van der Waals surface area contributed by atoms with Gasteiger partial charge in [0.25, 0.3) is 0 Å². The van der Waals surface area contributed by atoms with Gasteiger partial charge in [-0.3, -0.25) is 15.0 Å². The van der Waals surface area contributed by atoms with Crippen LogP contribution in [0.4, 0.5) is 0 Å². The molecular formula is C22H17ClN4O2. The summed E-state index contributed by atoms with van der Waals surface area (Å²) in [4.78, 5) is 26.2. The van der Waals surface area contributed by atoms with Crippen molar-refractivity contribution in [3.63, 3.8) is 0 Å². The molecule has 0 radical (unpaired) electrons. The summed E-state index contributed by atoms with van der Waals surface area (Å²) in [6.45, 7) is 0. The zero-order valence-electron chi connectivity index (χ0n) is 15.5. The Kier molecular flexibility index (Phi) is 5.35. The second kappa shape index (κ2) is 8.24. The molecule has 0 saturated heterocycles. The van der Waals surface area contributed by atoms with Crippen LogP contribution in [0.1, 0.15) is 22.9 Å². The molecule has 6 nitrogen and oxygen atoms in total. The van der Waals surface area contributed by atoms with Crippen LogP contribution in [0.3, 0.4) is 0 Å². The highest BCUT2D eigenvalue weighted by Gasteiger charge is 2.33. The van der Waals surface area contributed by atoms with Crippen LogP contribution in [0, 0.1) is 0 Å². The minimum Gasteiger partial charge on any atom is -0.466 e. The van der Waals surface area contributed by atoms with Crippen molar-refractivity contribution in [1.29, 1.82) is 0 Å². The molecule has 1 atom stereocenters. The molecule has 1 N–H and O–H groups in total. The fraction of sp³-hybridized carbons (Fsp3) is 0.0909. The van der Waals surface area contributed by atoms with Gasteiger partial charge >= 0.3 is 5.97 Å². The fourth-order valence-electron chi connectivity index (χ4n) is 3.17. The molecule has 1 aliphatic rings. The lowest BCUT2D eigenvalue weighted by Crippen LogP contribution is -2.33. The molecule has 2 aromatic heterocycles. The fourth-order valence-corrected chi connectivity index (χ4v) is 3.40. The number of aliphatic imine (C=N–C) groups is 1. The van der Waals surface area contributed by atoms with E-state index in [0.29, 0.717) is 33.4 Å². The topological polar surface area (TPSA) is 76.5 Å². The van der Waals surface area contributed by atoms with E-state index >= 15 is 0 Å². The van der Waals surface area contributed by atoms with Crippen molar-refractivity contribution in [2.45, 2.75) is 6.04 Å². The maximum Gasteiger partial charge on any atom is 0.338 e. The van der Waals surface area contributed by atoms with Crippen molar-refractivity contribution >= 4 is 29.1 Å².